The van der Waals surface area contributed by atoms with Gasteiger partial charge in [0.05, 0.1) is 11.4 Å². The summed E-state index contributed by atoms with van der Waals surface area (Å²) in [5.41, 5.74) is 4.09. The van der Waals surface area contributed by atoms with Gasteiger partial charge < -0.3 is 10.5 Å². The molecule has 1 heterocycles. The smallest absolute Gasteiger partial charge is 0.387 e. The second-order valence-electron chi connectivity index (χ2n) is 2.91. The third kappa shape index (κ3) is 3.58. The van der Waals surface area contributed by atoms with Crippen molar-refractivity contribution in [1.29, 1.82) is 0 Å². The largest absolute Gasteiger partial charge is 0.574 e. The zero-order valence-electron chi connectivity index (χ0n) is 8.06. The van der Waals surface area contributed by atoms with Crippen molar-refractivity contribution in [2.75, 3.05) is 5.73 Å². The molecule has 1 aromatic heterocycles. The monoisotopic (exact) mass is 276 g/mol. The van der Waals surface area contributed by atoms with Gasteiger partial charge in [-0.25, -0.2) is 8.78 Å². The van der Waals surface area contributed by atoms with Gasteiger partial charge in [-0.15, -0.1) is 24.8 Å². The van der Waals surface area contributed by atoms with Gasteiger partial charge in [-0.2, -0.15) is 4.98 Å². The highest BCUT2D eigenvalue weighted by atomic mass is 35.5. The molecule has 0 aliphatic carbocycles. The van der Waals surface area contributed by atoms with E-state index in [2.05, 4.69) is 9.72 Å². The van der Waals surface area contributed by atoms with E-state index in [0.717, 1.165) is 6.07 Å². The van der Waals surface area contributed by atoms with Crippen molar-refractivity contribution >= 4 is 17.4 Å². The first kappa shape index (κ1) is 13.8. The van der Waals surface area contributed by atoms with Crippen LogP contribution in [-0.2, 0) is 5.88 Å². The van der Waals surface area contributed by atoms with Crippen LogP contribution in [0.1, 0.15) is 17.6 Å². The first-order chi connectivity index (χ1) is 7.74. The topological polar surface area (TPSA) is 48.1 Å². The minimum Gasteiger partial charge on any atom is -0.387 e. The van der Waals surface area contributed by atoms with Crippen LogP contribution in [0.4, 0.5) is 27.8 Å². The Bertz CT molecular complexity index is 410. The molecule has 0 atom stereocenters. The summed E-state index contributed by atoms with van der Waals surface area (Å²) in [6.45, 7) is 0. The van der Waals surface area contributed by atoms with E-state index in [1.807, 2.05) is 0 Å². The number of rotatable bonds is 3. The number of nitrogens with zero attached hydrogens (tertiary/aromatic N) is 1. The molecule has 1 aromatic rings. The summed E-state index contributed by atoms with van der Waals surface area (Å²) in [5, 5.41) is 0. The van der Waals surface area contributed by atoms with Gasteiger partial charge in [0.15, 0.2) is 0 Å². The molecule has 17 heavy (non-hydrogen) atoms. The molecule has 2 N–H and O–H groups in total. The quantitative estimate of drug-likeness (QED) is 0.681. The van der Waals surface area contributed by atoms with E-state index in [-0.39, 0.29) is 5.56 Å². The number of anilines is 1. The summed E-state index contributed by atoms with van der Waals surface area (Å²) in [5.74, 6) is -2.11. The number of nitrogens with two attached hydrogens (primary N) is 1. The van der Waals surface area contributed by atoms with E-state index in [4.69, 9.17) is 17.3 Å². The summed E-state index contributed by atoms with van der Waals surface area (Å²) >= 11 is 5.32. The third-order valence-corrected chi connectivity index (χ3v) is 2.00. The lowest BCUT2D eigenvalue weighted by Gasteiger charge is -2.13. The Morgan fingerprint density at radius 2 is 2.00 bits per heavy atom. The van der Waals surface area contributed by atoms with Gasteiger partial charge in [0.1, 0.15) is 5.82 Å². The minimum atomic E-state index is -4.99. The minimum absolute atomic E-state index is 0.312. The average Bonchev–Trinajstić information content (AvgIpc) is 2.14. The maximum atomic E-state index is 12.4. The van der Waals surface area contributed by atoms with Crippen LogP contribution < -0.4 is 10.5 Å². The van der Waals surface area contributed by atoms with E-state index in [0.29, 0.717) is 0 Å². The molecule has 0 unspecified atom stereocenters. The molecule has 1 rings (SSSR count). The molecule has 0 amide bonds. The van der Waals surface area contributed by atoms with E-state index >= 15 is 0 Å². The molecule has 0 bridgehead atoms. The van der Waals surface area contributed by atoms with Gasteiger partial charge in [0, 0.05) is 5.56 Å². The summed E-state index contributed by atoms with van der Waals surface area (Å²) in [7, 11) is 0. The highest BCUT2D eigenvalue weighted by Crippen LogP contribution is 2.32. The van der Waals surface area contributed by atoms with Crippen molar-refractivity contribution in [2.24, 2.45) is 0 Å². The normalized spacial score (nSPS) is 11.9. The van der Waals surface area contributed by atoms with Crippen LogP contribution in [0.2, 0.25) is 0 Å². The number of hydrogen-bond donors (Lipinski definition) is 1. The van der Waals surface area contributed by atoms with Crippen molar-refractivity contribution < 1.29 is 26.7 Å². The van der Waals surface area contributed by atoms with Crippen LogP contribution in [-0.4, -0.2) is 11.3 Å². The maximum Gasteiger partial charge on any atom is 0.574 e. The molecule has 9 heteroatoms. The van der Waals surface area contributed by atoms with E-state index in [9.17, 15) is 22.0 Å². The molecule has 0 saturated heterocycles. The van der Waals surface area contributed by atoms with E-state index in [1.165, 1.54) is 0 Å². The van der Waals surface area contributed by atoms with Crippen LogP contribution in [0.15, 0.2) is 6.07 Å². The van der Waals surface area contributed by atoms with Gasteiger partial charge >= 0.3 is 6.36 Å². The Labute approximate surface area is 97.3 Å². The molecule has 0 aliphatic rings. The molecular weight excluding hydrogens is 271 g/mol. The molecule has 0 saturated carbocycles. The van der Waals surface area contributed by atoms with Crippen LogP contribution in [0.5, 0.6) is 5.88 Å². The van der Waals surface area contributed by atoms with Gasteiger partial charge in [0.25, 0.3) is 6.43 Å². The van der Waals surface area contributed by atoms with Crippen molar-refractivity contribution in [1.82, 2.24) is 4.98 Å². The Hall–Kier alpha value is -1.31. The fourth-order valence-electron chi connectivity index (χ4n) is 1.04. The van der Waals surface area contributed by atoms with Crippen molar-refractivity contribution in [2.45, 2.75) is 18.7 Å². The van der Waals surface area contributed by atoms with Crippen LogP contribution in [0.3, 0.4) is 0 Å². The highest BCUT2D eigenvalue weighted by molar-refractivity contribution is 6.17. The summed E-state index contributed by atoms with van der Waals surface area (Å²) in [4.78, 5) is 3.12. The number of hydrogen-bond acceptors (Lipinski definition) is 3. The number of nitrogen functional groups attached to an aromatic ring is 1. The van der Waals surface area contributed by atoms with Crippen molar-refractivity contribution in [3.63, 3.8) is 0 Å². The zero-order valence-corrected chi connectivity index (χ0v) is 8.82. The molecule has 0 fully saturated rings. The van der Waals surface area contributed by atoms with Crippen molar-refractivity contribution in [3.8, 4) is 5.88 Å². The Morgan fingerprint density at radius 3 is 2.41 bits per heavy atom. The molecular formula is C8H6ClF5N2O. The van der Waals surface area contributed by atoms with Crippen molar-refractivity contribution in [3.05, 3.63) is 17.2 Å². The second kappa shape index (κ2) is 4.91. The highest BCUT2D eigenvalue weighted by Gasteiger charge is 2.33. The predicted molar refractivity (Wildman–Crippen MR) is 49.8 cm³/mol. The van der Waals surface area contributed by atoms with E-state index in [1.54, 1.807) is 0 Å². The summed E-state index contributed by atoms with van der Waals surface area (Å²) < 4.78 is 64.2. The molecule has 0 spiro atoms. The number of pyridine rings is 1. The summed E-state index contributed by atoms with van der Waals surface area (Å²) in [6.07, 6.45) is -7.95. The number of ether oxygens (including phenoxy) is 1. The second-order valence-corrected chi connectivity index (χ2v) is 3.18. The Morgan fingerprint density at radius 1 is 1.41 bits per heavy atom. The molecule has 0 aromatic carbocycles. The molecule has 3 nitrogen and oxygen atoms in total. The van der Waals surface area contributed by atoms with Gasteiger partial charge in [-0.1, -0.05) is 0 Å². The first-order valence-corrected chi connectivity index (χ1v) is 4.67. The SMILES string of the molecule is Nc1nc(OC(F)(F)F)c(CCl)cc1C(F)F. The number of alkyl halides is 6. The standard InChI is InChI=1S/C8H6ClF5N2O/c9-2-3-1-4(5(10)11)6(15)16-7(3)17-8(12,13)14/h1,5H,2H2,(H2,15,16). The van der Waals surface area contributed by atoms with Gasteiger partial charge in [-0.3, -0.25) is 0 Å². The lowest BCUT2D eigenvalue weighted by atomic mass is 10.2. The number of halogens is 6. The average molecular weight is 277 g/mol. The molecule has 0 radical (unpaired) electrons. The van der Waals surface area contributed by atoms with Gasteiger partial charge in [0.2, 0.25) is 5.88 Å². The van der Waals surface area contributed by atoms with E-state index < -0.39 is 35.9 Å². The Kier molecular flexibility index (Phi) is 3.97. The number of aromatic nitrogens is 1. The predicted octanol–water partition coefficient (Wildman–Crippen LogP) is 3.24. The Balaban J connectivity index is 3.19. The molecule has 96 valence electrons. The fraction of sp³-hybridized carbons (Fsp3) is 0.375. The van der Waals surface area contributed by atoms with Crippen LogP contribution in [0, 0.1) is 0 Å². The van der Waals surface area contributed by atoms with Crippen LogP contribution in [0.25, 0.3) is 0 Å². The first-order valence-electron chi connectivity index (χ1n) is 4.13. The fourth-order valence-corrected chi connectivity index (χ4v) is 1.23. The third-order valence-electron chi connectivity index (χ3n) is 1.71. The maximum absolute atomic E-state index is 12.4. The van der Waals surface area contributed by atoms with Crippen LogP contribution >= 0.6 is 11.6 Å². The molecule has 0 aliphatic heterocycles. The zero-order chi connectivity index (χ0) is 13.2. The summed E-state index contributed by atoms with van der Waals surface area (Å²) in [6, 6.07) is 0.737. The van der Waals surface area contributed by atoms with Gasteiger partial charge in [-0.05, 0) is 6.07 Å². The lowest BCUT2D eigenvalue weighted by molar-refractivity contribution is -0.276. The lowest BCUT2D eigenvalue weighted by Crippen LogP contribution is -2.19.